The summed E-state index contributed by atoms with van der Waals surface area (Å²) >= 11 is 0. The Balaban J connectivity index is 2.33. The maximum Gasteiger partial charge on any atom is 0.344 e. The van der Waals surface area contributed by atoms with Gasteiger partial charge in [0.25, 0.3) is 0 Å². The summed E-state index contributed by atoms with van der Waals surface area (Å²) in [6.07, 6.45) is 0. The average molecular weight is 443 g/mol. The van der Waals surface area contributed by atoms with Crippen LogP contribution in [0.3, 0.4) is 0 Å². The molecule has 0 aliphatic heterocycles. The molecule has 2 aromatic carbocycles. The Morgan fingerprint density at radius 3 is 1.31 bits per heavy atom. The zero-order valence-electron chi connectivity index (χ0n) is 20.3. The van der Waals surface area contributed by atoms with Gasteiger partial charge in [-0.1, -0.05) is 24.3 Å². The molecule has 0 aromatic heterocycles. The fourth-order valence-corrected chi connectivity index (χ4v) is 3.18. The molecule has 0 saturated heterocycles. The topological polar surface area (TPSA) is 71.1 Å². The minimum Gasteiger partial charge on any atom is -0.481 e. The molecule has 0 spiro atoms. The summed E-state index contributed by atoms with van der Waals surface area (Å²) in [5.74, 6) is 0.173. The first-order valence-electron chi connectivity index (χ1n) is 10.7. The molecule has 0 unspecified atom stereocenters. The van der Waals surface area contributed by atoms with Crippen molar-refractivity contribution in [3.63, 3.8) is 0 Å². The van der Waals surface area contributed by atoms with Crippen LogP contribution in [0.1, 0.15) is 52.7 Å². The van der Waals surface area contributed by atoms with Gasteiger partial charge in [-0.05, 0) is 78.6 Å². The van der Waals surface area contributed by atoms with Crippen LogP contribution in [-0.4, -0.2) is 36.4 Å². The van der Waals surface area contributed by atoms with E-state index in [-0.39, 0.29) is 13.2 Å². The molecule has 0 bridgehead atoms. The molecule has 0 N–H and O–H groups in total. The maximum absolute atomic E-state index is 12.2. The van der Waals surface area contributed by atoms with Crippen LogP contribution in [0, 0.1) is 13.8 Å². The lowest BCUT2D eigenvalue weighted by atomic mass is 9.94. The van der Waals surface area contributed by atoms with Crippen molar-refractivity contribution >= 4 is 11.9 Å². The van der Waals surface area contributed by atoms with Gasteiger partial charge < -0.3 is 18.9 Å². The quantitative estimate of drug-likeness (QED) is 0.534. The summed E-state index contributed by atoms with van der Waals surface area (Å²) < 4.78 is 22.4. The molecule has 0 heterocycles. The van der Waals surface area contributed by atoms with Gasteiger partial charge in [-0.2, -0.15) is 0 Å². The molecule has 0 saturated carbocycles. The van der Waals surface area contributed by atoms with Crippen molar-refractivity contribution < 1.29 is 28.5 Å². The number of aryl methyl sites for hydroxylation is 2. The van der Waals surface area contributed by atoms with Crippen LogP contribution in [0.15, 0.2) is 36.4 Å². The first-order valence-corrected chi connectivity index (χ1v) is 10.7. The highest BCUT2D eigenvalue weighted by Gasteiger charge is 2.21. The fraction of sp³-hybridized carbons (Fsp3) is 0.462. The van der Waals surface area contributed by atoms with E-state index in [9.17, 15) is 9.59 Å². The highest BCUT2D eigenvalue weighted by atomic mass is 16.6. The minimum atomic E-state index is -0.589. The van der Waals surface area contributed by atoms with Crippen molar-refractivity contribution in [3.8, 4) is 22.6 Å². The monoisotopic (exact) mass is 442 g/mol. The van der Waals surface area contributed by atoms with E-state index in [0.29, 0.717) is 11.5 Å². The average Bonchev–Trinajstić information content (AvgIpc) is 2.63. The molecule has 2 aromatic rings. The maximum atomic E-state index is 12.2. The molecular weight excluding hydrogens is 408 g/mol. The van der Waals surface area contributed by atoms with Crippen LogP contribution in [0.4, 0.5) is 0 Å². The molecule has 6 heteroatoms. The molecule has 32 heavy (non-hydrogen) atoms. The van der Waals surface area contributed by atoms with Crippen molar-refractivity contribution in [2.45, 2.75) is 66.6 Å². The Morgan fingerprint density at radius 2 is 1.00 bits per heavy atom. The van der Waals surface area contributed by atoms with Gasteiger partial charge >= 0.3 is 11.9 Å². The molecule has 0 aliphatic carbocycles. The van der Waals surface area contributed by atoms with Gasteiger partial charge in [0.2, 0.25) is 0 Å². The number of esters is 2. The summed E-state index contributed by atoms with van der Waals surface area (Å²) in [4.78, 5) is 24.3. The Morgan fingerprint density at radius 1 is 0.656 bits per heavy atom. The predicted molar refractivity (Wildman–Crippen MR) is 124 cm³/mol. The lowest BCUT2D eigenvalue weighted by molar-refractivity contribution is -0.158. The van der Waals surface area contributed by atoms with E-state index in [0.717, 1.165) is 22.3 Å². The number of benzene rings is 2. The standard InChI is InChI=1S/C26H34O6/c1-17-11-9-13-19(29-15-21(27)31-25(3,4)5)23(17)24-18(2)12-10-14-20(24)30-16-22(28)32-26(6,7)8/h9-14H,15-16H2,1-8H3. The lowest BCUT2D eigenvalue weighted by Crippen LogP contribution is -2.27. The molecule has 174 valence electrons. The number of carbonyl (C=O) groups excluding carboxylic acids is 2. The minimum absolute atomic E-state index is 0.215. The van der Waals surface area contributed by atoms with Gasteiger partial charge in [0.15, 0.2) is 13.2 Å². The van der Waals surface area contributed by atoms with Gasteiger partial charge in [0.05, 0.1) is 0 Å². The third kappa shape index (κ3) is 7.59. The van der Waals surface area contributed by atoms with E-state index < -0.39 is 23.1 Å². The van der Waals surface area contributed by atoms with Crippen LogP contribution in [-0.2, 0) is 19.1 Å². The third-order valence-electron chi connectivity index (χ3n) is 4.25. The predicted octanol–water partition coefficient (Wildman–Crippen LogP) is 5.41. The van der Waals surface area contributed by atoms with Crippen molar-refractivity contribution in [2.75, 3.05) is 13.2 Å². The molecule has 6 nitrogen and oxygen atoms in total. The molecule has 0 atom stereocenters. The van der Waals surface area contributed by atoms with E-state index in [4.69, 9.17) is 18.9 Å². The second kappa shape index (κ2) is 10.1. The van der Waals surface area contributed by atoms with Gasteiger partial charge in [0, 0.05) is 11.1 Å². The fourth-order valence-electron chi connectivity index (χ4n) is 3.18. The Kier molecular flexibility index (Phi) is 7.94. The van der Waals surface area contributed by atoms with Crippen molar-refractivity contribution in [1.29, 1.82) is 0 Å². The van der Waals surface area contributed by atoms with Crippen LogP contribution < -0.4 is 9.47 Å². The number of hydrogen-bond acceptors (Lipinski definition) is 6. The van der Waals surface area contributed by atoms with Crippen molar-refractivity contribution in [1.82, 2.24) is 0 Å². The SMILES string of the molecule is Cc1cccc(OCC(=O)OC(C)(C)C)c1-c1c(C)cccc1OCC(=O)OC(C)(C)C. The second-order valence-electron chi connectivity index (χ2n) is 9.65. The zero-order chi connectivity index (χ0) is 24.1. The Bertz CT molecular complexity index is 884. The van der Waals surface area contributed by atoms with Gasteiger partial charge in [0.1, 0.15) is 22.7 Å². The van der Waals surface area contributed by atoms with Gasteiger partial charge in [-0.25, -0.2) is 9.59 Å². The summed E-state index contributed by atoms with van der Waals surface area (Å²) in [5, 5.41) is 0. The third-order valence-corrected chi connectivity index (χ3v) is 4.25. The van der Waals surface area contributed by atoms with Crippen LogP contribution in [0.2, 0.25) is 0 Å². The van der Waals surface area contributed by atoms with E-state index in [1.807, 2.05) is 79.7 Å². The first kappa shape index (κ1) is 25.2. The normalized spacial score (nSPS) is 11.6. The van der Waals surface area contributed by atoms with E-state index in [2.05, 4.69) is 0 Å². The smallest absolute Gasteiger partial charge is 0.344 e. The highest BCUT2D eigenvalue weighted by molar-refractivity contribution is 5.82. The van der Waals surface area contributed by atoms with Crippen LogP contribution >= 0.6 is 0 Å². The largest absolute Gasteiger partial charge is 0.481 e. The van der Waals surface area contributed by atoms with E-state index >= 15 is 0 Å². The molecule has 0 aliphatic rings. The van der Waals surface area contributed by atoms with Crippen LogP contribution in [0.25, 0.3) is 11.1 Å². The highest BCUT2D eigenvalue weighted by Crippen LogP contribution is 2.41. The summed E-state index contributed by atoms with van der Waals surface area (Å²) in [7, 11) is 0. The van der Waals surface area contributed by atoms with Crippen molar-refractivity contribution in [2.24, 2.45) is 0 Å². The number of ether oxygens (including phenoxy) is 4. The Labute approximate surface area is 190 Å². The van der Waals surface area contributed by atoms with E-state index in [1.54, 1.807) is 12.1 Å². The second-order valence-corrected chi connectivity index (χ2v) is 9.65. The van der Waals surface area contributed by atoms with Crippen molar-refractivity contribution in [3.05, 3.63) is 47.5 Å². The Hall–Kier alpha value is -3.02. The van der Waals surface area contributed by atoms with E-state index in [1.165, 1.54) is 0 Å². The van der Waals surface area contributed by atoms with Crippen LogP contribution in [0.5, 0.6) is 11.5 Å². The number of carbonyl (C=O) groups is 2. The molecule has 0 amide bonds. The van der Waals surface area contributed by atoms with Gasteiger partial charge in [-0.3, -0.25) is 0 Å². The number of hydrogen-bond donors (Lipinski definition) is 0. The number of rotatable bonds is 7. The van der Waals surface area contributed by atoms with Gasteiger partial charge in [-0.15, -0.1) is 0 Å². The molecule has 2 rings (SSSR count). The summed E-state index contributed by atoms with van der Waals surface area (Å²) in [5.41, 5.74) is 2.32. The molecule has 0 fully saturated rings. The summed E-state index contributed by atoms with van der Waals surface area (Å²) in [6, 6.07) is 11.2. The molecular formula is C26H34O6. The first-order chi connectivity index (χ1) is 14.8. The summed E-state index contributed by atoms with van der Waals surface area (Å²) in [6.45, 7) is 14.3. The zero-order valence-corrected chi connectivity index (χ0v) is 20.3. The molecule has 0 radical (unpaired) electrons. The lowest BCUT2D eigenvalue weighted by Gasteiger charge is -2.22.